The van der Waals surface area contributed by atoms with E-state index >= 15 is 0 Å². The molecule has 0 saturated carbocycles. The summed E-state index contributed by atoms with van der Waals surface area (Å²) in [7, 11) is 0. The van der Waals surface area contributed by atoms with Crippen LogP contribution in [0.2, 0.25) is 0 Å². The molecule has 4 aromatic carbocycles. The molecule has 0 aliphatic carbocycles. The molecule has 0 amide bonds. The second kappa shape index (κ2) is 14.6. The smallest absolute Gasteiger partial charge is 0.137 e. The van der Waals surface area contributed by atoms with Gasteiger partial charge in [0.2, 0.25) is 0 Å². The van der Waals surface area contributed by atoms with Gasteiger partial charge in [0.05, 0.1) is 22.9 Å². The summed E-state index contributed by atoms with van der Waals surface area (Å²) in [6, 6.07) is 32.5. The Balaban J connectivity index is 1.26. The zero-order valence-corrected chi connectivity index (χ0v) is 31.1. The van der Waals surface area contributed by atoms with Crippen molar-refractivity contribution in [2.75, 3.05) is 0 Å². The predicted molar refractivity (Wildman–Crippen MR) is 213 cm³/mol. The Morgan fingerprint density at radius 1 is 0.706 bits per heavy atom. The quantitative estimate of drug-likeness (QED) is 0.130. The number of hydrogen-bond donors (Lipinski definition) is 0. The number of pyridine rings is 1. The maximum Gasteiger partial charge on any atom is 0.137 e. The lowest BCUT2D eigenvalue weighted by atomic mass is 9.92. The second-order valence-corrected chi connectivity index (χ2v) is 15.2. The van der Waals surface area contributed by atoms with Crippen LogP contribution in [0.3, 0.4) is 0 Å². The molecule has 0 spiro atoms. The first-order chi connectivity index (χ1) is 24.6. The summed E-state index contributed by atoms with van der Waals surface area (Å²) in [6.07, 6.45) is 10.5. The third kappa shape index (κ3) is 7.35. The molecule has 7 aromatic rings. The summed E-state index contributed by atoms with van der Waals surface area (Å²) in [5.41, 5.74) is 10.8. The molecule has 0 atom stereocenters. The van der Waals surface area contributed by atoms with E-state index in [0.29, 0.717) is 17.8 Å². The summed E-state index contributed by atoms with van der Waals surface area (Å²) in [5.74, 6) is 4.13. The first-order valence-electron chi connectivity index (χ1n) is 18.6. The summed E-state index contributed by atoms with van der Waals surface area (Å²) in [5, 5.41) is 7.26. The lowest BCUT2D eigenvalue weighted by Gasteiger charge is -2.14. The maximum absolute atomic E-state index is 6.72. The number of ether oxygens (including phenoxy) is 1. The summed E-state index contributed by atoms with van der Waals surface area (Å²) in [6.45, 7) is 15.8. The molecule has 5 nitrogen and oxygen atoms in total. The number of benzene rings is 4. The number of fused-ring (bicyclic) bond motifs is 3. The topological polar surface area (TPSA) is 44.9 Å². The Morgan fingerprint density at radius 2 is 1.49 bits per heavy atom. The Morgan fingerprint density at radius 3 is 2.29 bits per heavy atom. The number of hydrogen-bond acceptors (Lipinski definition) is 3. The van der Waals surface area contributed by atoms with Crippen LogP contribution >= 0.6 is 0 Å². The summed E-state index contributed by atoms with van der Waals surface area (Å²) >= 11 is 0. The van der Waals surface area contributed by atoms with Gasteiger partial charge in [-0.05, 0) is 121 Å². The molecule has 0 fully saturated rings. The van der Waals surface area contributed by atoms with Crippen molar-refractivity contribution >= 4 is 21.8 Å². The van der Waals surface area contributed by atoms with E-state index in [0.717, 1.165) is 65.3 Å². The number of nitrogens with zero attached hydrogens (tertiary/aromatic N) is 4. The largest absolute Gasteiger partial charge is 0.457 e. The minimum Gasteiger partial charge on any atom is -0.457 e. The van der Waals surface area contributed by atoms with Crippen LogP contribution in [0.1, 0.15) is 82.6 Å². The Kier molecular flexibility index (Phi) is 9.82. The standard InChI is InChI=1S/C46H50N4O/c1-30(2)15-17-34-21-22-47-45(23-34)50-43-14-9-8-13-41(43)42-20-19-39(27-44(42)50)51-40-25-36(32(5)6)24-38(26-40)49-29-37(28-48-49)46-33(7)11-10-12-35(46)18-16-31(3)4/h8-14,19-32H,15-18H2,1-7H3. The predicted octanol–water partition coefficient (Wildman–Crippen LogP) is 12.4. The minimum absolute atomic E-state index is 0.320. The van der Waals surface area contributed by atoms with E-state index in [1.165, 1.54) is 38.6 Å². The first kappa shape index (κ1) is 34.3. The van der Waals surface area contributed by atoms with Crippen LogP contribution in [0, 0.1) is 18.8 Å². The van der Waals surface area contributed by atoms with Crippen molar-refractivity contribution in [2.24, 2.45) is 11.8 Å². The minimum atomic E-state index is 0.320. The molecule has 0 saturated heterocycles. The SMILES string of the molecule is Cc1cccc(CCC(C)C)c1-c1cnn(-c2cc(Oc3ccc4c5ccccc5n(-c5cc(CCC(C)C)ccn5)c4c3)cc(C(C)C)c2)c1. The molecule has 0 unspecified atom stereocenters. The van der Waals surface area contributed by atoms with Crippen LogP contribution in [0.5, 0.6) is 11.5 Å². The molecule has 0 aliphatic rings. The summed E-state index contributed by atoms with van der Waals surface area (Å²) in [4.78, 5) is 4.86. The van der Waals surface area contributed by atoms with E-state index in [1.54, 1.807) is 0 Å². The fourth-order valence-corrected chi connectivity index (χ4v) is 7.11. The molecule has 260 valence electrons. The molecular formula is C46H50N4O. The molecule has 0 aliphatic heterocycles. The van der Waals surface area contributed by atoms with E-state index < -0.39 is 0 Å². The fourth-order valence-electron chi connectivity index (χ4n) is 7.11. The fraction of sp³-hybridized carbons (Fsp3) is 0.304. The lowest BCUT2D eigenvalue weighted by molar-refractivity contribution is 0.481. The highest BCUT2D eigenvalue weighted by atomic mass is 16.5. The number of aryl methyl sites for hydroxylation is 3. The molecule has 5 heteroatoms. The third-order valence-electron chi connectivity index (χ3n) is 10.00. The Labute approximate surface area is 302 Å². The molecule has 51 heavy (non-hydrogen) atoms. The molecular weight excluding hydrogens is 625 g/mol. The monoisotopic (exact) mass is 674 g/mol. The van der Waals surface area contributed by atoms with Crippen molar-refractivity contribution in [2.45, 2.75) is 80.1 Å². The zero-order valence-electron chi connectivity index (χ0n) is 31.1. The van der Waals surface area contributed by atoms with E-state index in [1.807, 2.05) is 17.1 Å². The molecule has 0 radical (unpaired) electrons. The van der Waals surface area contributed by atoms with Crippen LogP contribution in [-0.2, 0) is 12.8 Å². The average molecular weight is 675 g/mol. The Hall–Kier alpha value is -5.16. The molecule has 0 bridgehead atoms. The van der Waals surface area contributed by atoms with E-state index in [4.69, 9.17) is 14.8 Å². The maximum atomic E-state index is 6.72. The second-order valence-electron chi connectivity index (χ2n) is 15.2. The molecule has 3 aromatic heterocycles. The zero-order chi connectivity index (χ0) is 35.6. The van der Waals surface area contributed by atoms with Gasteiger partial charge in [-0.1, -0.05) is 77.9 Å². The van der Waals surface area contributed by atoms with Gasteiger partial charge in [0, 0.05) is 40.9 Å². The molecule has 7 rings (SSSR count). The van der Waals surface area contributed by atoms with Gasteiger partial charge in [-0.25, -0.2) is 9.67 Å². The van der Waals surface area contributed by atoms with Crippen molar-refractivity contribution in [3.05, 3.63) is 132 Å². The Bertz CT molecular complexity index is 2300. The van der Waals surface area contributed by atoms with Gasteiger partial charge >= 0.3 is 0 Å². The summed E-state index contributed by atoms with van der Waals surface area (Å²) < 4.78 is 11.0. The van der Waals surface area contributed by atoms with Gasteiger partial charge in [-0.2, -0.15) is 5.10 Å². The normalized spacial score (nSPS) is 11.9. The number of para-hydroxylation sites is 1. The number of aromatic nitrogens is 4. The molecule has 3 heterocycles. The van der Waals surface area contributed by atoms with Crippen molar-refractivity contribution in [3.63, 3.8) is 0 Å². The van der Waals surface area contributed by atoms with Crippen molar-refractivity contribution in [1.29, 1.82) is 0 Å². The van der Waals surface area contributed by atoms with E-state index in [2.05, 4.69) is 150 Å². The van der Waals surface area contributed by atoms with Crippen molar-refractivity contribution < 1.29 is 4.74 Å². The number of rotatable bonds is 12. The van der Waals surface area contributed by atoms with Crippen molar-refractivity contribution in [3.8, 4) is 34.1 Å². The lowest BCUT2D eigenvalue weighted by Crippen LogP contribution is -2.00. The van der Waals surface area contributed by atoms with Gasteiger partial charge < -0.3 is 4.74 Å². The van der Waals surface area contributed by atoms with E-state index in [-0.39, 0.29) is 0 Å². The van der Waals surface area contributed by atoms with Gasteiger partial charge in [0.15, 0.2) is 0 Å². The highest BCUT2D eigenvalue weighted by Crippen LogP contribution is 2.37. The van der Waals surface area contributed by atoms with Gasteiger partial charge in [-0.15, -0.1) is 0 Å². The van der Waals surface area contributed by atoms with Crippen molar-refractivity contribution in [1.82, 2.24) is 19.3 Å². The molecule has 0 N–H and O–H groups in total. The van der Waals surface area contributed by atoms with Crippen LogP contribution in [-0.4, -0.2) is 19.3 Å². The van der Waals surface area contributed by atoms with Gasteiger partial charge in [0.25, 0.3) is 0 Å². The van der Waals surface area contributed by atoms with Crippen LogP contribution < -0.4 is 4.74 Å². The van der Waals surface area contributed by atoms with Gasteiger partial charge in [-0.3, -0.25) is 4.57 Å². The first-order valence-corrected chi connectivity index (χ1v) is 18.6. The van der Waals surface area contributed by atoms with Crippen LogP contribution in [0.25, 0.3) is 44.4 Å². The average Bonchev–Trinajstić information content (AvgIpc) is 3.73. The highest BCUT2D eigenvalue weighted by molar-refractivity contribution is 6.09. The van der Waals surface area contributed by atoms with Crippen LogP contribution in [0.4, 0.5) is 0 Å². The van der Waals surface area contributed by atoms with E-state index in [9.17, 15) is 0 Å². The highest BCUT2D eigenvalue weighted by Gasteiger charge is 2.17. The van der Waals surface area contributed by atoms with Gasteiger partial charge in [0.1, 0.15) is 17.3 Å². The third-order valence-corrected chi connectivity index (χ3v) is 10.00. The van der Waals surface area contributed by atoms with Crippen LogP contribution in [0.15, 0.2) is 110 Å².